The number of carbonyl (C=O) groups is 1. The van der Waals surface area contributed by atoms with Crippen LogP contribution in [-0.2, 0) is 22.5 Å². The lowest BCUT2D eigenvalue weighted by atomic mass is 10.0. The fourth-order valence-electron chi connectivity index (χ4n) is 4.53. The Hall–Kier alpha value is -4.07. The molecule has 0 N–H and O–H groups in total. The molecule has 1 aliphatic rings. The van der Waals surface area contributed by atoms with E-state index < -0.39 is 17.8 Å². The van der Waals surface area contributed by atoms with Gasteiger partial charge in [-0.2, -0.15) is 0 Å². The van der Waals surface area contributed by atoms with Crippen molar-refractivity contribution < 1.29 is 13.9 Å². The standard InChI is InChI=1S/C26H23FN4O3/c1-34-26(33)21-8-5-15-30-24(23(25(32)31(21)30)18-9-11-19(27)12-10-18)20-13-14-28-22(29-20)16-17-6-3-2-4-7-17/h2-4,6-7,9-14,21H,5,8,15-16H2,1H3/t21-/m0/s1. The first-order valence-electron chi connectivity index (χ1n) is 11.1. The molecular weight excluding hydrogens is 435 g/mol. The number of methoxy groups -OCH3 is 1. The van der Waals surface area contributed by atoms with Crippen LogP contribution in [0.25, 0.3) is 22.5 Å². The van der Waals surface area contributed by atoms with Gasteiger partial charge in [-0.15, -0.1) is 0 Å². The first-order valence-corrected chi connectivity index (χ1v) is 11.1. The summed E-state index contributed by atoms with van der Waals surface area (Å²) in [6, 6.07) is 16.7. The van der Waals surface area contributed by atoms with Crippen LogP contribution in [-0.4, -0.2) is 32.4 Å². The second-order valence-electron chi connectivity index (χ2n) is 8.21. The summed E-state index contributed by atoms with van der Waals surface area (Å²) in [6.07, 6.45) is 3.41. The van der Waals surface area contributed by atoms with Gasteiger partial charge in [-0.1, -0.05) is 42.5 Å². The third-order valence-corrected chi connectivity index (χ3v) is 6.08. The van der Waals surface area contributed by atoms with Crippen molar-refractivity contribution in [1.82, 2.24) is 19.3 Å². The van der Waals surface area contributed by atoms with E-state index in [0.717, 1.165) is 5.56 Å². The number of halogens is 1. The van der Waals surface area contributed by atoms with Crippen molar-refractivity contribution in [3.8, 4) is 22.5 Å². The lowest BCUT2D eigenvalue weighted by Gasteiger charge is -2.26. The van der Waals surface area contributed by atoms with Crippen molar-refractivity contribution in [2.24, 2.45) is 0 Å². The van der Waals surface area contributed by atoms with Crippen LogP contribution in [0.5, 0.6) is 0 Å². The Morgan fingerprint density at radius 3 is 2.62 bits per heavy atom. The van der Waals surface area contributed by atoms with E-state index in [4.69, 9.17) is 9.72 Å². The van der Waals surface area contributed by atoms with Gasteiger partial charge in [0.15, 0.2) is 6.04 Å². The maximum absolute atomic E-state index is 13.7. The number of fused-ring (bicyclic) bond motifs is 1. The van der Waals surface area contributed by atoms with Gasteiger partial charge in [-0.05, 0) is 42.2 Å². The Morgan fingerprint density at radius 1 is 1.12 bits per heavy atom. The third-order valence-electron chi connectivity index (χ3n) is 6.08. The number of benzene rings is 2. The van der Waals surface area contributed by atoms with Gasteiger partial charge < -0.3 is 4.74 Å². The summed E-state index contributed by atoms with van der Waals surface area (Å²) in [5.74, 6) is -0.249. The predicted molar refractivity (Wildman–Crippen MR) is 125 cm³/mol. The van der Waals surface area contributed by atoms with Crippen molar-refractivity contribution in [3.63, 3.8) is 0 Å². The molecule has 0 amide bonds. The molecular formula is C26H23FN4O3. The van der Waals surface area contributed by atoms with Crippen LogP contribution in [0.15, 0.2) is 71.7 Å². The first kappa shape index (κ1) is 21.8. The maximum atomic E-state index is 13.7. The molecule has 0 bridgehead atoms. The molecule has 2 aromatic carbocycles. The molecule has 34 heavy (non-hydrogen) atoms. The Kier molecular flexibility index (Phi) is 5.79. The zero-order chi connectivity index (χ0) is 23.7. The van der Waals surface area contributed by atoms with E-state index in [1.807, 2.05) is 30.3 Å². The molecule has 0 radical (unpaired) electrons. The van der Waals surface area contributed by atoms with Gasteiger partial charge in [0.25, 0.3) is 5.56 Å². The lowest BCUT2D eigenvalue weighted by molar-refractivity contribution is -0.146. The van der Waals surface area contributed by atoms with E-state index in [0.29, 0.717) is 54.1 Å². The second-order valence-corrected chi connectivity index (χ2v) is 8.21. The topological polar surface area (TPSA) is 79.0 Å². The number of nitrogens with zero attached hydrogens (tertiary/aromatic N) is 4. The van der Waals surface area contributed by atoms with Crippen molar-refractivity contribution in [1.29, 1.82) is 0 Å². The highest BCUT2D eigenvalue weighted by atomic mass is 19.1. The summed E-state index contributed by atoms with van der Waals surface area (Å²) in [6.45, 7) is 0.539. The Labute approximate surface area is 195 Å². The molecule has 0 spiro atoms. The minimum absolute atomic E-state index is 0.333. The Balaban J connectivity index is 1.70. The molecule has 0 unspecified atom stereocenters. The summed E-state index contributed by atoms with van der Waals surface area (Å²) in [5, 5.41) is 0. The minimum Gasteiger partial charge on any atom is -0.467 e. The first-order chi connectivity index (χ1) is 16.6. The fourth-order valence-corrected chi connectivity index (χ4v) is 4.53. The Morgan fingerprint density at radius 2 is 1.88 bits per heavy atom. The molecule has 1 aliphatic heterocycles. The smallest absolute Gasteiger partial charge is 0.330 e. The van der Waals surface area contributed by atoms with E-state index >= 15 is 0 Å². The maximum Gasteiger partial charge on any atom is 0.330 e. The molecule has 0 saturated heterocycles. The van der Waals surface area contributed by atoms with E-state index in [9.17, 15) is 14.0 Å². The molecule has 0 saturated carbocycles. The van der Waals surface area contributed by atoms with Gasteiger partial charge >= 0.3 is 5.97 Å². The zero-order valence-electron chi connectivity index (χ0n) is 18.6. The second kappa shape index (κ2) is 9.05. The predicted octanol–water partition coefficient (Wildman–Crippen LogP) is 4.01. The number of aromatic nitrogens is 4. The highest BCUT2D eigenvalue weighted by Crippen LogP contribution is 2.34. The van der Waals surface area contributed by atoms with Crippen LogP contribution in [0.3, 0.4) is 0 Å². The zero-order valence-corrected chi connectivity index (χ0v) is 18.6. The van der Waals surface area contributed by atoms with Gasteiger partial charge in [0.1, 0.15) is 11.6 Å². The number of hydrogen-bond acceptors (Lipinski definition) is 5. The van der Waals surface area contributed by atoms with E-state index in [1.54, 1.807) is 29.1 Å². The van der Waals surface area contributed by atoms with E-state index in [-0.39, 0.29) is 5.56 Å². The van der Waals surface area contributed by atoms with Gasteiger partial charge in [-0.3, -0.25) is 9.48 Å². The molecule has 5 rings (SSSR count). The number of esters is 1. The molecule has 0 fully saturated rings. The molecule has 172 valence electrons. The van der Waals surface area contributed by atoms with Gasteiger partial charge in [-0.25, -0.2) is 23.8 Å². The van der Waals surface area contributed by atoms with Crippen LogP contribution >= 0.6 is 0 Å². The summed E-state index contributed by atoms with van der Waals surface area (Å²) in [5.41, 5.74) is 2.83. The average molecular weight is 458 g/mol. The highest BCUT2D eigenvalue weighted by Gasteiger charge is 2.34. The molecule has 4 aromatic rings. The molecule has 3 heterocycles. The normalized spacial score (nSPS) is 15.1. The van der Waals surface area contributed by atoms with Crippen molar-refractivity contribution in [2.75, 3.05) is 7.11 Å². The van der Waals surface area contributed by atoms with Crippen molar-refractivity contribution >= 4 is 5.97 Å². The molecule has 0 aliphatic carbocycles. The quantitative estimate of drug-likeness (QED) is 0.422. The lowest BCUT2D eigenvalue weighted by Crippen LogP contribution is -2.37. The summed E-state index contributed by atoms with van der Waals surface area (Å²) < 4.78 is 21.9. The van der Waals surface area contributed by atoms with E-state index in [1.165, 1.54) is 23.9 Å². The van der Waals surface area contributed by atoms with Crippen LogP contribution in [0.2, 0.25) is 0 Å². The SMILES string of the molecule is COC(=O)[C@@H]1CCCn2c(-c3ccnc(Cc4ccccc4)n3)c(-c3ccc(F)cc3)c(=O)n21. The van der Waals surface area contributed by atoms with E-state index in [2.05, 4.69) is 4.98 Å². The van der Waals surface area contributed by atoms with Gasteiger partial charge in [0.2, 0.25) is 0 Å². The summed E-state index contributed by atoms with van der Waals surface area (Å²) in [4.78, 5) is 35.4. The van der Waals surface area contributed by atoms with Gasteiger partial charge in [0.05, 0.1) is 24.1 Å². The number of hydrogen-bond donors (Lipinski definition) is 0. The largest absolute Gasteiger partial charge is 0.467 e. The molecule has 1 atom stereocenters. The van der Waals surface area contributed by atoms with Gasteiger partial charge in [0, 0.05) is 19.2 Å². The molecule has 2 aromatic heterocycles. The minimum atomic E-state index is -0.732. The number of ether oxygens (including phenoxy) is 1. The molecule has 8 heteroatoms. The van der Waals surface area contributed by atoms with Crippen LogP contribution in [0, 0.1) is 5.82 Å². The summed E-state index contributed by atoms with van der Waals surface area (Å²) in [7, 11) is 1.32. The Bertz CT molecular complexity index is 1390. The van der Waals surface area contributed by atoms with Crippen LogP contribution in [0.1, 0.15) is 30.3 Å². The number of rotatable bonds is 5. The number of carbonyl (C=O) groups excluding carboxylic acids is 1. The third kappa shape index (κ3) is 3.91. The fraction of sp³-hybridized carbons (Fsp3) is 0.231. The summed E-state index contributed by atoms with van der Waals surface area (Å²) >= 11 is 0. The average Bonchev–Trinajstić information content (AvgIpc) is 3.17. The molecule has 7 nitrogen and oxygen atoms in total. The highest BCUT2D eigenvalue weighted by molar-refractivity contribution is 5.81. The van der Waals surface area contributed by atoms with Crippen molar-refractivity contribution in [2.45, 2.75) is 31.8 Å². The van der Waals surface area contributed by atoms with Crippen molar-refractivity contribution in [3.05, 3.63) is 94.4 Å². The van der Waals surface area contributed by atoms with Crippen LogP contribution < -0.4 is 5.56 Å². The monoisotopic (exact) mass is 458 g/mol. The van der Waals surface area contributed by atoms with Crippen LogP contribution in [0.4, 0.5) is 4.39 Å².